The van der Waals surface area contributed by atoms with Crippen molar-refractivity contribution in [2.75, 3.05) is 13.0 Å². The lowest BCUT2D eigenvalue weighted by molar-refractivity contribution is -0.145. The molecule has 1 fully saturated rings. The van der Waals surface area contributed by atoms with Crippen molar-refractivity contribution < 1.29 is 38.0 Å². The molecular weight excluding hydrogens is 489 g/mol. The highest BCUT2D eigenvalue weighted by Gasteiger charge is 2.36. The molecular formula is C24H28N3O8P. The number of urea groups is 1. The molecule has 1 saturated carbocycles. The molecule has 0 aromatic heterocycles. The molecule has 3 aliphatic rings. The number of nitrogens with one attached hydrogen (secondary N) is 2. The first-order chi connectivity index (χ1) is 17.3. The van der Waals surface area contributed by atoms with Gasteiger partial charge in [0.2, 0.25) is 0 Å². The van der Waals surface area contributed by atoms with Gasteiger partial charge in [0.15, 0.2) is 25.1 Å². The van der Waals surface area contributed by atoms with Gasteiger partial charge in [0, 0.05) is 6.20 Å². The number of hydrogen-bond acceptors (Lipinski definition) is 8. The number of aliphatic hydroxyl groups is 1. The average molecular weight is 517 g/mol. The molecule has 1 aliphatic carbocycles. The molecule has 2 unspecified atom stereocenters. The van der Waals surface area contributed by atoms with Gasteiger partial charge in [-0.3, -0.25) is 14.3 Å². The third kappa shape index (κ3) is 6.75. The van der Waals surface area contributed by atoms with Gasteiger partial charge in [0.25, 0.3) is 0 Å². The van der Waals surface area contributed by atoms with E-state index in [1.165, 1.54) is 19.2 Å². The minimum absolute atomic E-state index is 0.156. The highest BCUT2D eigenvalue weighted by atomic mass is 31.2. The van der Waals surface area contributed by atoms with Crippen LogP contribution in [0.15, 0.2) is 54.3 Å². The molecule has 0 saturated heterocycles. The summed E-state index contributed by atoms with van der Waals surface area (Å²) in [5, 5.41) is 14.8. The maximum Gasteiger partial charge on any atom is 0.342 e. The molecule has 0 spiro atoms. The van der Waals surface area contributed by atoms with Crippen molar-refractivity contribution in [3.8, 4) is 18.1 Å². The molecule has 2 heterocycles. The zero-order valence-corrected chi connectivity index (χ0v) is 20.5. The molecule has 11 nitrogen and oxygen atoms in total. The quantitative estimate of drug-likeness (QED) is 0.175. The molecule has 4 rings (SSSR count). The lowest BCUT2D eigenvalue weighted by atomic mass is 10.2. The van der Waals surface area contributed by atoms with Crippen LogP contribution in [0.1, 0.15) is 19.8 Å². The van der Waals surface area contributed by atoms with Crippen molar-refractivity contribution in [2.45, 2.75) is 44.6 Å². The predicted molar refractivity (Wildman–Crippen MR) is 128 cm³/mol. The second kappa shape index (κ2) is 11.3. The van der Waals surface area contributed by atoms with Crippen LogP contribution in [0.25, 0.3) is 0 Å². The van der Waals surface area contributed by atoms with Gasteiger partial charge in [-0.05, 0) is 50.0 Å². The Balaban J connectivity index is 1.38. The summed E-state index contributed by atoms with van der Waals surface area (Å²) in [5.41, 5.74) is 0.156. The van der Waals surface area contributed by atoms with Crippen LogP contribution in [-0.2, 0) is 23.6 Å². The monoisotopic (exact) mass is 517 g/mol. The summed E-state index contributed by atoms with van der Waals surface area (Å²) >= 11 is 0. The van der Waals surface area contributed by atoms with E-state index in [2.05, 4.69) is 16.3 Å². The number of terminal acetylenes is 1. The number of ether oxygens (including phenoxy) is 3. The Hall–Kier alpha value is -3.13. The van der Waals surface area contributed by atoms with E-state index < -0.39 is 50.7 Å². The summed E-state index contributed by atoms with van der Waals surface area (Å²) in [5.74, 6) is 2.48. The Morgan fingerprint density at radius 2 is 2.11 bits per heavy atom. The van der Waals surface area contributed by atoms with Crippen LogP contribution in [-0.4, -0.2) is 59.7 Å². The van der Waals surface area contributed by atoms with E-state index >= 15 is 0 Å². The Labute approximate surface area is 208 Å². The summed E-state index contributed by atoms with van der Waals surface area (Å²) in [6.45, 7) is 1.88. The number of hydrogen-bond donors (Lipinski definition) is 3. The number of para-hydroxylation sites is 1. The number of rotatable bonds is 11. The molecule has 192 valence electrons. The molecule has 0 bridgehead atoms. The van der Waals surface area contributed by atoms with Crippen molar-refractivity contribution in [3.05, 3.63) is 54.3 Å². The summed E-state index contributed by atoms with van der Waals surface area (Å²) in [6, 6.07) is 6.96. The zero-order valence-electron chi connectivity index (χ0n) is 19.6. The maximum atomic E-state index is 13.7. The number of nitrogens with zero attached hydrogens (tertiary/aromatic N) is 1. The van der Waals surface area contributed by atoms with Crippen LogP contribution in [0.5, 0.6) is 5.75 Å². The summed E-state index contributed by atoms with van der Waals surface area (Å²) in [7, 11) is -3.77. The molecule has 36 heavy (non-hydrogen) atoms. The highest BCUT2D eigenvalue weighted by Crippen LogP contribution is 2.44. The smallest absolute Gasteiger partial charge is 0.342 e. The van der Waals surface area contributed by atoms with Gasteiger partial charge in [-0.15, -0.1) is 6.42 Å². The van der Waals surface area contributed by atoms with Crippen LogP contribution in [0.4, 0.5) is 4.79 Å². The minimum atomic E-state index is -3.77. The lowest BCUT2D eigenvalue weighted by Crippen LogP contribution is -2.51. The average Bonchev–Trinajstić information content (AvgIpc) is 3.57. The van der Waals surface area contributed by atoms with Gasteiger partial charge >= 0.3 is 19.5 Å². The van der Waals surface area contributed by atoms with E-state index in [9.17, 15) is 19.3 Å². The fourth-order valence-corrected chi connectivity index (χ4v) is 5.07. The highest BCUT2D eigenvalue weighted by molar-refractivity contribution is 7.57. The number of benzene rings is 1. The normalized spacial score (nSPS) is 25.8. The fraction of sp³-hybridized carbons (Fsp3) is 0.417. The molecule has 5 atom stereocenters. The SMILES string of the molecule is C#CC1=CN([C@H]2C=C[C@@H](OCP(=O)(N[C@@H](C)C(=O)OCC3CC3)Oc3ccccc3)O2)C(=O)NC1O. The van der Waals surface area contributed by atoms with Gasteiger partial charge in [-0.1, -0.05) is 24.1 Å². The zero-order chi connectivity index (χ0) is 25.7. The molecule has 1 aromatic carbocycles. The van der Waals surface area contributed by atoms with E-state index in [1.54, 1.807) is 36.4 Å². The third-order valence-corrected chi connectivity index (χ3v) is 7.30. The van der Waals surface area contributed by atoms with Gasteiger partial charge in [-0.25, -0.2) is 9.88 Å². The number of esters is 1. The standard InChI is InChI=1S/C24H28N3O8P/c1-3-18-13-27(24(30)25-22(18)28)20-11-12-21(34-20)33-15-36(31,35-19-7-5-4-6-8-19)26-16(2)23(29)32-14-17-9-10-17/h1,4-8,11-13,16-17,20-22,28H,9-10,14-15H2,2H3,(H,25,30)(H,26,31)/t16-,20+,21-,22?,36?/m0/s1. The van der Waals surface area contributed by atoms with Crippen LogP contribution in [0, 0.1) is 18.3 Å². The van der Waals surface area contributed by atoms with Crippen molar-refractivity contribution in [1.29, 1.82) is 0 Å². The summed E-state index contributed by atoms with van der Waals surface area (Å²) in [4.78, 5) is 25.8. The lowest BCUT2D eigenvalue weighted by Gasteiger charge is -2.31. The molecule has 2 aliphatic heterocycles. The maximum absolute atomic E-state index is 13.7. The molecule has 3 N–H and O–H groups in total. The second-order valence-electron chi connectivity index (χ2n) is 8.57. The van der Waals surface area contributed by atoms with Gasteiger partial charge < -0.3 is 29.2 Å². The molecule has 2 amide bonds. The first-order valence-corrected chi connectivity index (χ1v) is 13.3. The van der Waals surface area contributed by atoms with E-state index in [-0.39, 0.29) is 5.57 Å². The Bertz CT molecular complexity index is 1110. The van der Waals surface area contributed by atoms with E-state index in [1.807, 2.05) is 0 Å². The van der Waals surface area contributed by atoms with Crippen LogP contribution in [0.2, 0.25) is 0 Å². The minimum Gasteiger partial charge on any atom is -0.464 e. The molecule has 0 radical (unpaired) electrons. The fourth-order valence-electron chi connectivity index (χ4n) is 3.39. The van der Waals surface area contributed by atoms with Crippen molar-refractivity contribution in [3.63, 3.8) is 0 Å². The van der Waals surface area contributed by atoms with Crippen molar-refractivity contribution in [2.24, 2.45) is 5.92 Å². The number of carbonyl (C=O) groups is 2. The summed E-state index contributed by atoms with van der Waals surface area (Å²) in [6.07, 6.45) is 8.27. The topological polar surface area (TPSA) is 136 Å². The predicted octanol–water partition coefficient (Wildman–Crippen LogP) is 2.26. The summed E-state index contributed by atoms with van der Waals surface area (Å²) < 4.78 is 36.1. The number of aliphatic hydroxyl groups excluding tert-OH is 1. The van der Waals surface area contributed by atoms with E-state index in [4.69, 9.17) is 25.2 Å². The Morgan fingerprint density at radius 1 is 1.36 bits per heavy atom. The van der Waals surface area contributed by atoms with Crippen LogP contribution in [0.3, 0.4) is 0 Å². The van der Waals surface area contributed by atoms with E-state index in [0.29, 0.717) is 18.3 Å². The third-order valence-electron chi connectivity index (χ3n) is 5.52. The first kappa shape index (κ1) is 25.9. The Kier molecular flexibility index (Phi) is 8.14. The van der Waals surface area contributed by atoms with E-state index in [0.717, 1.165) is 17.7 Å². The van der Waals surface area contributed by atoms with Gasteiger partial charge in [0.1, 0.15) is 11.8 Å². The molecule has 1 aromatic rings. The first-order valence-electron chi connectivity index (χ1n) is 11.4. The van der Waals surface area contributed by atoms with Gasteiger partial charge in [0.05, 0.1) is 12.2 Å². The van der Waals surface area contributed by atoms with Crippen LogP contribution < -0.4 is 14.9 Å². The second-order valence-corrected chi connectivity index (χ2v) is 10.6. The Morgan fingerprint density at radius 3 is 2.81 bits per heavy atom. The van der Waals surface area contributed by atoms with Gasteiger partial charge in [-0.2, -0.15) is 0 Å². The number of amides is 2. The molecule has 12 heteroatoms. The van der Waals surface area contributed by atoms with Crippen LogP contribution >= 0.6 is 7.52 Å². The largest absolute Gasteiger partial charge is 0.464 e. The van der Waals surface area contributed by atoms with Crippen molar-refractivity contribution >= 4 is 19.5 Å². The number of carbonyl (C=O) groups excluding carboxylic acids is 2. The van der Waals surface area contributed by atoms with Crippen molar-refractivity contribution in [1.82, 2.24) is 15.3 Å².